The minimum absolute atomic E-state index is 0. The number of rotatable bonds is 9. The number of hydrogen-bond donors (Lipinski definition) is 0. The maximum atomic E-state index is 13.1. The molecule has 1 aliphatic carbocycles. The van der Waals surface area contributed by atoms with Gasteiger partial charge >= 0.3 is 0 Å². The molecule has 0 spiro atoms. The molecule has 2 aliphatic rings. The Balaban J connectivity index is 0.00000361. The van der Waals surface area contributed by atoms with Crippen LogP contribution in [-0.4, -0.2) is 45.3 Å². The normalized spacial score (nSPS) is 12.3. The van der Waals surface area contributed by atoms with Crippen molar-refractivity contribution in [3.63, 3.8) is 0 Å². The first kappa shape index (κ1) is 28.2. The average Bonchev–Trinajstić information content (AvgIpc) is 2.84. The Morgan fingerprint density at radius 1 is 0.972 bits per heavy atom. The fourth-order valence-electron chi connectivity index (χ4n) is 4.69. The zero-order chi connectivity index (χ0) is 25.2. The molecule has 0 amide bonds. The predicted octanol–water partition coefficient (Wildman–Crippen LogP) is 6.31. The molecule has 6 nitrogen and oxygen atoms in total. The summed E-state index contributed by atoms with van der Waals surface area (Å²) in [5.41, 5.74) is 3.70. The molecule has 9 heteroatoms. The van der Waals surface area contributed by atoms with Gasteiger partial charge in [0.2, 0.25) is 10.0 Å². The Hall–Kier alpha value is -2.42. The van der Waals surface area contributed by atoms with Gasteiger partial charge in [-0.15, -0.1) is 23.7 Å². The summed E-state index contributed by atoms with van der Waals surface area (Å²) in [7, 11) is -3.44. The van der Waals surface area contributed by atoms with Crippen LogP contribution >= 0.6 is 23.7 Å². The second-order valence-electron chi connectivity index (χ2n) is 8.44. The highest BCUT2D eigenvalue weighted by Crippen LogP contribution is 2.38. The minimum atomic E-state index is -3.44. The van der Waals surface area contributed by atoms with Gasteiger partial charge in [0.15, 0.2) is 0 Å². The van der Waals surface area contributed by atoms with Crippen molar-refractivity contribution in [1.82, 2.24) is 4.98 Å². The van der Waals surface area contributed by atoms with E-state index in [0.717, 1.165) is 50.0 Å². The summed E-state index contributed by atoms with van der Waals surface area (Å²) < 4.78 is 28.9. The number of halogens is 1. The third-order valence-corrected chi connectivity index (χ3v) is 9.39. The minimum Gasteiger partial charge on any atom is -0.372 e. The molecule has 36 heavy (non-hydrogen) atoms. The summed E-state index contributed by atoms with van der Waals surface area (Å²) in [6, 6.07) is 14.4. The van der Waals surface area contributed by atoms with E-state index < -0.39 is 10.0 Å². The number of fused-ring (bicyclic) bond motifs is 4. The molecule has 2 aromatic carbocycles. The van der Waals surface area contributed by atoms with Crippen LogP contribution in [0.15, 0.2) is 47.5 Å². The van der Waals surface area contributed by atoms with Gasteiger partial charge in [-0.05, 0) is 64.4 Å². The standard InChI is InChI=1S/C27H34N4O2S2.ClH/c1-6-16-35(32,33)31(10-5)23-13-11-12-20-26(23)22(28-7-2)18-25-27(20)29-21-15-14-19(17-24(21)34-25)30(8-3)9-4;/h11-15,17-18H,6-10,16H2,1-5H3;1H. The van der Waals surface area contributed by atoms with Crippen molar-refractivity contribution >= 4 is 66.1 Å². The van der Waals surface area contributed by atoms with Crippen LogP contribution in [0.1, 0.15) is 41.0 Å². The van der Waals surface area contributed by atoms with E-state index in [2.05, 4.69) is 43.0 Å². The number of benzene rings is 3. The van der Waals surface area contributed by atoms with Gasteiger partial charge in [0.05, 0.1) is 37.6 Å². The quantitative estimate of drug-likeness (QED) is 0.182. The number of sulfonamides is 1. The molecular formula is C27H35ClN4O2S2. The maximum Gasteiger partial charge on any atom is 0.235 e. The van der Waals surface area contributed by atoms with Gasteiger partial charge in [-0.1, -0.05) is 19.1 Å². The van der Waals surface area contributed by atoms with Crippen molar-refractivity contribution < 1.29 is 8.42 Å². The van der Waals surface area contributed by atoms with Crippen molar-refractivity contribution in [3.05, 3.63) is 47.8 Å². The Kier molecular flexibility index (Phi) is 9.19. The van der Waals surface area contributed by atoms with Gasteiger partial charge in [-0.25, -0.2) is 13.4 Å². The van der Waals surface area contributed by atoms with Crippen LogP contribution < -0.4 is 14.6 Å². The predicted molar refractivity (Wildman–Crippen MR) is 158 cm³/mol. The first-order valence-corrected chi connectivity index (χ1v) is 14.9. The summed E-state index contributed by atoms with van der Waals surface area (Å²) in [6.45, 7) is 13.0. The van der Waals surface area contributed by atoms with Crippen molar-refractivity contribution in [1.29, 1.82) is 0 Å². The van der Waals surface area contributed by atoms with Crippen LogP contribution in [-0.2, 0) is 10.0 Å². The van der Waals surface area contributed by atoms with E-state index in [0.29, 0.717) is 25.2 Å². The Labute approximate surface area is 224 Å². The van der Waals surface area contributed by atoms with Gasteiger partial charge < -0.3 is 4.90 Å². The molecule has 4 rings (SSSR count). The van der Waals surface area contributed by atoms with E-state index in [1.165, 1.54) is 9.99 Å². The van der Waals surface area contributed by atoms with Crippen molar-refractivity contribution in [2.75, 3.05) is 41.1 Å². The fraction of sp³-hybridized carbons (Fsp3) is 0.407. The molecule has 194 valence electrons. The van der Waals surface area contributed by atoms with Crippen molar-refractivity contribution in [2.24, 2.45) is 4.99 Å². The molecular weight excluding hydrogens is 512 g/mol. The van der Waals surface area contributed by atoms with E-state index in [1.807, 2.05) is 39.0 Å². The van der Waals surface area contributed by atoms with Crippen LogP contribution in [0, 0.1) is 0 Å². The second-order valence-corrected chi connectivity index (χ2v) is 11.5. The number of aromatic nitrogens is 1. The maximum absolute atomic E-state index is 13.1. The molecule has 1 heterocycles. The highest BCUT2D eigenvalue weighted by Gasteiger charge is 2.24. The van der Waals surface area contributed by atoms with Crippen molar-refractivity contribution in [2.45, 2.75) is 41.0 Å². The van der Waals surface area contributed by atoms with Crippen LogP contribution in [0.2, 0.25) is 0 Å². The molecule has 0 saturated heterocycles. The SMILES string of the molecule is CCCS(=O)(=O)N(CC)c1cccc2c3nc4ccc(N(CC)CC)cc4sc-3cc(=NCC)c12.Cl. The number of nitrogens with zero attached hydrogens (tertiary/aromatic N) is 4. The van der Waals surface area contributed by atoms with E-state index in [-0.39, 0.29) is 18.2 Å². The molecule has 0 N–H and O–H groups in total. The zero-order valence-corrected chi connectivity index (χ0v) is 24.1. The van der Waals surface area contributed by atoms with E-state index in [9.17, 15) is 8.42 Å². The lowest BCUT2D eigenvalue weighted by atomic mass is 10.0. The number of anilines is 2. The lowest BCUT2D eigenvalue weighted by Gasteiger charge is -2.25. The molecule has 0 aromatic heterocycles. The number of hydrogen-bond acceptors (Lipinski definition) is 6. The lowest BCUT2D eigenvalue weighted by molar-refractivity contribution is 0.590. The monoisotopic (exact) mass is 546 g/mol. The highest BCUT2D eigenvalue weighted by molar-refractivity contribution is 7.92. The third-order valence-electron chi connectivity index (χ3n) is 6.26. The molecule has 0 unspecified atom stereocenters. The first-order valence-electron chi connectivity index (χ1n) is 12.4. The molecule has 0 saturated carbocycles. The fourth-order valence-corrected chi connectivity index (χ4v) is 7.33. The Bertz CT molecular complexity index is 1500. The Morgan fingerprint density at radius 3 is 2.36 bits per heavy atom. The summed E-state index contributed by atoms with van der Waals surface area (Å²) in [6.07, 6.45) is 0.573. The second kappa shape index (κ2) is 11.8. The molecule has 0 atom stereocenters. The summed E-state index contributed by atoms with van der Waals surface area (Å²) in [5.74, 6) is 0.116. The van der Waals surface area contributed by atoms with Crippen molar-refractivity contribution in [3.8, 4) is 10.6 Å². The molecule has 0 fully saturated rings. The Morgan fingerprint density at radius 2 is 1.72 bits per heavy atom. The van der Waals surface area contributed by atoms with Crippen LogP contribution in [0.4, 0.5) is 11.4 Å². The average molecular weight is 547 g/mol. The van der Waals surface area contributed by atoms with Gasteiger partial charge in [0.25, 0.3) is 0 Å². The van der Waals surface area contributed by atoms with E-state index in [4.69, 9.17) is 9.98 Å². The molecule has 1 aliphatic heterocycles. The van der Waals surface area contributed by atoms with Crippen LogP contribution in [0.3, 0.4) is 0 Å². The zero-order valence-electron chi connectivity index (χ0n) is 21.6. The molecule has 0 bridgehead atoms. The highest BCUT2D eigenvalue weighted by atomic mass is 35.5. The first-order chi connectivity index (χ1) is 16.9. The largest absolute Gasteiger partial charge is 0.372 e. The molecule has 2 aromatic rings. The topological polar surface area (TPSA) is 65.9 Å². The van der Waals surface area contributed by atoms with E-state index >= 15 is 0 Å². The van der Waals surface area contributed by atoms with Gasteiger partial charge in [-0.2, -0.15) is 0 Å². The van der Waals surface area contributed by atoms with Crippen LogP contribution in [0.5, 0.6) is 0 Å². The smallest absolute Gasteiger partial charge is 0.235 e. The van der Waals surface area contributed by atoms with E-state index in [1.54, 1.807) is 11.3 Å². The van der Waals surface area contributed by atoms with Gasteiger partial charge in [0, 0.05) is 42.6 Å². The summed E-state index contributed by atoms with van der Waals surface area (Å²) in [4.78, 5) is 13.2. The third kappa shape index (κ3) is 5.17. The lowest BCUT2D eigenvalue weighted by Crippen LogP contribution is -2.33. The summed E-state index contributed by atoms with van der Waals surface area (Å²) >= 11 is 1.71. The van der Waals surface area contributed by atoms with Gasteiger partial charge in [0.1, 0.15) is 0 Å². The van der Waals surface area contributed by atoms with Crippen LogP contribution in [0.25, 0.3) is 31.6 Å². The van der Waals surface area contributed by atoms with Gasteiger partial charge in [-0.3, -0.25) is 9.30 Å². The summed E-state index contributed by atoms with van der Waals surface area (Å²) in [5, 5.41) is 2.60. The molecule has 0 radical (unpaired) electrons.